The molecule has 0 aromatic heterocycles. The van der Waals surface area contributed by atoms with Crippen LogP contribution in [0.25, 0.3) is 0 Å². The van der Waals surface area contributed by atoms with Crippen LogP contribution in [0.5, 0.6) is 5.75 Å². The standard InChI is InChI=1S/C16H15ClO2/c1-2-19-15-8-6-13(7-9-15)16(18)11-12-4-3-5-14(17)10-12/h3-10H,2,11H2,1H3. The Balaban J connectivity index is 2.07. The zero-order valence-corrected chi connectivity index (χ0v) is 11.5. The summed E-state index contributed by atoms with van der Waals surface area (Å²) in [4.78, 5) is 12.1. The van der Waals surface area contributed by atoms with Gasteiger partial charge in [0.05, 0.1) is 6.61 Å². The fraction of sp³-hybridized carbons (Fsp3) is 0.188. The van der Waals surface area contributed by atoms with Crippen molar-refractivity contribution < 1.29 is 9.53 Å². The minimum Gasteiger partial charge on any atom is -0.494 e. The molecule has 2 aromatic carbocycles. The molecule has 0 fully saturated rings. The van der Waals surface area contributed by atoms with Gasteiger partial charge in [0.15, 0.2) is 5.78 Å². The zero-order valence-electron chi connectivity index (χ0n) is 10.7. The number of benzene rings is 2. The molecule has 0 atom stereocenters. The molecule has 0 spiro atoms. The van der Waals surface area contributed by atoms with Crippen LogP contribution in [0.1, 0.15) is 22.8 Å². The highest BCUT2D eigenvalue weighted by molar-refractivity contribution is 6.30. The maximum absolute atomic E-state index is 12.1. The first-order valence-electron chi connectivity index (χ1n) is 6.19. The second-order valence-electron chi connectivity index (χ2n) is 4.19. The molecule has 0 aliphatic heterocycles. The largest absolute Gasteiger partial charge is 0.494 e. The maximum Gasteiger partial charge on any atom is 0.167 e. The van der Waals surface area contributed by atoms with Gasteiger partial charge in [-0.15, -0.1) is 0 Å². The van der Waals surface area contributed by atoms with Crippen LogP contribution in [0.2, 0.25) is 5.02 Å². The Labute approximate surface area is 118 Å². The Morgan fingerprint density at radius 3 is 2.53 bits per heavy atom. The number of rotatable bonds is 5. The average Bonchev–Trinajstić information content (AvgIpc) is 2.40. The van der Waals surface area contributed by atoms with E-state index in [4.69, 9.17) is 16.3 Å². The lowest BCUT2D eigenvalue weighted by atomic mass is 10.0. The highest BCUT2D eigenvalue weighted by Gasteiger charge is 2.07. The third-order valence-corrected chi connectivity index (χ3v) is 2.98. The minimum absolute atomic E-state index is 0.0744. The van der Waals surface area contributed by atoms with E-state index in [9.17, 15) is 4.79 Å². The van der Waals surface area contributed by atoms with Gasteiger partial charge >= 0.3 is 0 Å². The van der Waals surface area contributed by atoms with Crippen molar-refractivity contribution in [2.75, 3.05) is 6.61 Å². The van der Waals surface area contributed by atoms with Crippen LogP contribution in [0.15, 0.2) is 48.5 Å². The minimum atomic E-state index is 0.0744. The number of carbonyl (C=O) groups is 1. The number of halogens is 1. The maximum atomic E-state index is 12.1. The van der Waals surface area contributed by atoms with E-state index in [-0.39, 0.29) is 5.78 Å². The fourth-order valence-electron chi connectivity index (χ4n) is 1.84. The van der Waals surface area contributed by atoms with E-state index in [1.807, 2.05) is 37.3 Å². The van der Waals surface area contributed by atoms with E-state index in [2.05, 4.69) is 0 Å². The zero-order chi connectivity index (χ0) is 13.7. The molecular weight excluding hydrogens is 260 g/mol. The monoisotopic (exact) mass is 274 g/mol. The summed E-state index contributed by atoms with van der Waals surface area (Å²) in [5.74, 6) is 0.854. The van der Waals surface area contributed by atoms with Gasteiger partial charge in [-0.2, -0.15) is 0 Å². The molecule has 0 saturated carbocycles. The van der Waals surface area contributed by atoms with Crippen LogP contribution in [-0.4, -0.2) is 12.4 Å². The molecule has 3 heteroatoms. The van der Waals surface area contributed by atoms with E-state index in [1.54, 1.807) is 18.2 Å². The van der Waals surface area contributed by atoms with Crippen molar-refractivity contribution in [2.24, 2.45) is 0 Å². The quantitative estimate of drug-likeness (QED) is 0.765. The predicted octanol–water partition coefficient (Wildman–Crippen LogP) is 4.16. The van der Waals surface area contributed by atoms with Crippen molar-refractivity contribution in [3.05, 3.63) is 64.7 Å². The predicted molar refractivity (Wildman–Crippen MR) is 77.1 cm³/mol. The van der Waals surface area contributed by atoms with Crippen molar-refractivity contribution in [3.8, 4) is 5.75 Å². The molecule has 0 amide bonds. The van der Waals surface area contributed by atoms with Gasteiger partial charge < -0.3 is 4.74 Å². The molecule has 0 N–H and O–H groups in total. The molecule has 98 valence electrons. The third-order valence-electron chi connectivity index (χ3n) is 2.74. The van der Waals surface area contributed by atoms with Crippen LogP contribution >= 0.6 is 11.6 Å². The summed E-state index contributed by atoms with van der Waals surface area (Å²) in [5, 5.41) is 0.650. The Kier molecular flexibility index (Phi) is 4.58. The smallest absolute Gasteiger partial charge is 0.167 e. The molecule has 0 aliphatic carbocycles. The van der Waals surface area contributed by atoms with Crippen LogP contribution in [-0.2, 0) is 6.42 Å². The third kappa shape index (κ3) is 3.83. The Morgan fingerprint density at radius 1 is 1.16 bits per heavy atom. The average molecular weight is 275 g/mol. The van der Waals surface area contributed by atoms with E-state index >= 15 is 0 Å². The molecular formula is C16H15ClO2. The first-order chi connectivity index (χ1) is 9.19. The summed E-state index contributed by atoms with van der Waals surface area (Å²) in [5.41, 5.74) is 1.61. The van der Waals surface area contributed by atoms with Crippen LogP contribution in [0.3, 0.4) is 0 Å². The lowest BCUT2D eigenvalue weighted by Gasteiger charge is -2.05. The first kappa shape index (κ1) is 13.6. The molecule has 0 aliphatic rings. The van der Waals surface area contributed by atoms with E-state index in [1.165, 1.54) is 0 Å². The summed E-state index contributed by atoms with van der Waals surface area (Å²) < 4.78 is 5.35. The normalized spacial score (nSPS) is 10.2. The molecule has 0 heterocycles. The summed E-state index contributed by atoms with van der Waals surface area (Å²) in [7, 11) is 0. The molecule has 0 bridgehead atoms. The summed E-state index contributed by atoms with van der Waals surface area (Å²) >= 11 is 5.90. The lowest BCUT2D eigenvalue weighted by Crippen LogP contribution is -2.03. The molecule has 2 rings (SSSR count). The van der Waals surface area contributed by atoms with E-state index in [0.29, 0.717) is 23.6 Å². The SMILES string of the molecule is CCOc1ccc(C(=O)Cc2cccc(Cl)c2)cc1. The molecule has 19 heavy (non-hydrogen) atoms. The topological polar surface area (TPSA) is 26.3 Å². The lowest BCUT2D eigenvalue weighted by molar-refractivity contribution is 0.0993. The second kappa shape index (κ2) is 6.39. The number of carbonyl (C=O) groups excluding carboxylic acids is 1. The molecule has 2 nitrogen and oxygen atoms in total. The number of ketones is 1. The van der Waals surface area contributed by atoms with Gasteiger partial charge in [0.2, 0.25) is 0 Å². The Morgan fingerprint density at radius 2 is 1.89 bits per heavy atom. The molecule has 0 unspecified atom stereocenters. The van der Waals surface area contributed by atoms with Gasteiger partial charge in [0, 0.05) is 17.0 Å². The summed E-state index contributed by atoms with van der Waals surface area (Å²) in [6, 6.07) is 14.6. The van der Waals surface area contributed by atoms with Gasteiger partial charge in [0.25, 0.3) is 0 Å². The van der Waals surface area contributed by atoms with Crippen LogP contribution in [0, 0.1) is 0 Å². The van der Waals surface area contributed by atoms with Gasteiger partial charge in [-0.05, 0) is 48.9 Å². The van der Waals surface area contributed by atoms with Gasteiger partial charge in [0.1, 0.15) is 5.75 Å². The molecule has 0 saturated heterocycles. The first-order valence-corrected chi connectivity index (χ1v) is 6.57. The van der Waals surface area contributed by atoms with Gasteiger partial charge in [-0.3, -0.25) is 4.79 Å². The highest BCUT2D eigenvalue weighted by Crippen LogP contribution is 2.16. The Hall–Kier alpha value is -1.80. The molecule has 2 aromatic rings. The Bertz CT molecular complexity index is 561. The van der Waals surface area contributed by atoms with Gasteiger partial charge in [-0.25, -0.2) is 0 Å². The number of Topliss-reactive ketones (excluding diaryl/α,β-unsaturated/α-hetero) is 1. The van der Waals surface area contributed by atoms with E-state index in [0.717, 1.165) is 11.3 Å². The van der Waals surface area contributed by atoms with Gasteiger partial charge in [-0.1, -0.05) is 23.7 Å². The van der Waals surface area contributed by atoms with Crippen molar-refractivity contribution in [3.63, 3.8) is 0 Å². The van der Waals surface area contributed by atoms with Crippen LogP contribution < -0.4 is 4.74 Å². The number of ether oxygens (including phenoxy) is 1. The van der Waals surface area contributed by atoms with Crippen molar-refractivity contribution in [1.82, 2.24) is 0 Å². The fourth-order valence-corrected chi connectivity index (χ4v) is 2.05. The van der Waals surface area contributed by atoms with E-state index < -0.39 is 0 Å². The summed E-state index contributed by atoms with van der Waals surface area (Å²) in [6.45, 7) is 2.55. The van der Waals surface area contributed by atoms with Crippen molar-refractivity contribution in [1.29, 1.82) is 0 Å². The number of hydrogen-bond donors (Lipinski definition) is 0. The van der Waals surface area contributed by atoms with Crippen molar-refractivity contribution >= 4 is 17.4 Å². The van der Waals surface area contributed by atoms with Crippen molar-refractivity contribution in [2.45, 2.75) is 13.3 Å². The molecule has 0 radical (unpaired) electrons. The highest BCUT2D eigenvalue weighted by atomic mass is 35.5. The van der Waals surface area contributed by atoms with Crippen LogP contribution in [0.4, 0.5) is 0 Å². The second-order valence-corrected chi connectivity index (χ2v) is 4.62. The summed E-state index contributed by atoms with van der Waals surface area (Å²) in [6.07, 6.45) is 0.356. The number of hydrogen-bond acceptors (Lipinski definition) is 2.